The number of rotatable bonds is 4. The fourth-order valence-electron chi connectivity index (χ4n) is 1.83. The summed E-state index contributed by atoms with van der Waals surface area (Å²) in [5.74, 6) is 1.24. The first-order valence-electron chi connectivity index (χ1n) is 6.09. The van der Waals surface area contributed by atoms with E-state index < -0.39 is 0 Å². The van der Waals surface area contributed by atoms with Gasteiger partial charge < -0.3 is 9.47 Å². The molecule has 0 unspecified atom stereocenters. The van der Waals surface area contributed by atoms with E-state index in [0.717, 1.165) is 28.0 Å². The van der Waals surface area contributed by atoms with Gasteiger partial charge in [0.25, 0.3) is 0 Å². The van der Waals surface area contributed by atoms with Gasteiger partial charge in [0.2, 0.25) is 0 Å². The predicted octanol–water partition coefficient (Wildman–Crippen LogP) is 3.27. The van der Waals surface area contributed by atoms with Crippen LogP contribution in [-0.4, -0.2) is 39.1 Å². The van der Waals surface area contributed by atoms with E-state index >= 15 is 0 Å². The lowest BCUT2D eigenvalue weighted by Crippen LogP contribution is -2.42. The van der Waals surface area contributed by atoms with E-state index in [9.17, 15) is 0 Å². The zero-order chi connectivity index (χ0) is 14.2. The molecule has 0 N–H and O–H groups in total. The van der Waals surface area contributed by atoms with Crippen LogP contribution in [0.25, 0.3) is 11.2 Å². The minimum Gasteiger partial charge on any atom is -0.310 e. The number of nitrogens with zero attached hydrogens (tertiary/aromatic N) is 4. The van der Waals surface area contributed by atoms with Crippen molar-refractivity contribution in [3.63, 3.8) is 0 Å². The second-order valence-electron chi connectivity index (χ2n) is 5.45. The fourth-order valence-corrected chi connectivity index (χ4v) is 2.35. The maximum absolute atomic E-state index is 6.02. The average Bonchev–Trinajstić information content (AvgIpc) is 2.65. The molecule has 0 aliphatic carbocycles. The number of hydrogen-bond donors (Lipinski definition) is 0. The lowest BCUT2D eigenvalue weighted by Gasteiger charge is -2.33. The van der Waals surface area contributed by atoms with E-state index in [2.05, 4.69) is 63.3 Å². The van der Waals surface area contributed by atoms with E-state index in [0.29, 0.717) is 5.88 Å². The van der Waals surface area contributed by atoms with Gasteiger partial charge in [0.15, 0.2) is 5.65 Å². The Balaban J connectivity index is 2.52. The van der Waals surface area contributed by atoms with Gasteiger partial charge >= 0.3 is 0 Å². The van der Waals surface area contributed by atoms with Crippen molar-refractivity contribution in [2.45, 2.75) is 31.8 Å². The normalized spacial score (nSPS) is 12.6. The van der Waals surface area contributed by atoms with Gasteiger partial charge in [-0.05, 0) is 49.9 Å². The van der Waals surface area contributed by atoms with Crippen molar-refractivity contribution < 1.29 is 0 Å². The van der Waals surface area contributed by atoms with Crippen LogP contribution in [-0.2, 0) is 12.4 Å². The third kappa shape index (κ3) is 2.93. The number of alkyl halides is 1. The van der Waals surface area contributed by atoms with Crippen molar-refractivity contribution in [1.82, 2.24) is 19.4 Å². The zero-order valence-electron chi connectivity index (χ0n) is 11.6. The van der Waals surface area contributed by atoms with E-state index in [-0.39, 0.29) is 5.54 Å². The second-order valence-corrected chi connectivity index (χ2v) is 6.63. The van der Waals surface area contributed by atoms with Crippen molar-refractivity contribution >= 4 is 38.7 Å². The van der Waals surface area contributed by atoms with Gasteiger partial charge in [-0.3, -0.25) is 0 Å². The molecule has 0 amide bonds. The van der Waals surface area contributed by atoms with Crippen molar-refractivity contribution in [1.29, 1.82) is 0 Å². The van der Waals surface area contributed by atoms with Gasteiger partial charge in [-0.15, -0.1) is 11.6 Å². The first kappa shape index (κ1) is 14.8. The summed E-state index contributed by atoms with van der Waals surface area (Å²) in [5, 5.41) is 0. The van der Waals surface area contributed by atoms with Gasteiger partial charge in [0.1, 0.15) is 11.3 Å². The Bertz CT molecular complexity index is 592. The first-order chi connectivity index (χ1) is 8.85. The maximum Gasteiger partial charge on any atom is 0.160 e. The van der Waals surface area contributed by atoms with Crippen LogP contribution < -0.4 is 0 Å². The van der Waals surface area contributed by atoms with Crippen LogP contribution in [0.4, 0.5) is 0 Å². The Morgan fingerprint density at radius 1 is 1.42 bits per heavy atom. The molecule has 19 heavy (non-hydrogen) atoms. The smallest absolute Gasteiger partial charge is 0.160 e. The molecule has 6 heteroatoms. The molecule has 0 saturated heterocycles. The number of pyridine rings is 1. The van der Waals surface area contributed by atoms with Gasteiger partial charge in [0.05, 0.1) is 5.88 Å². The van der Waals surface area contributed by atoms with Crippen LogP contribution in [0.3, 0.4) is 0 Å². The van der Waals surface area contributed by atoms with Crippen molar-refractivity contribution in [2.75, 3.05) is 14.1 Å². The molecule has 0 atom stereocenters. The summed E-state index contributed by atoms with van der Waals surface area (Å²) in [6.45, 7) is 5.18. The average molecular weight is 346 g/mol. The quantitative estimate of drug-likeness (QED) is 0.798. The SMILES string of the molecule is CN(C)C(C)(C)Cn1c(CCl)nc2cc(Br)cnc21. The molecule has 0 radical (unpaired) electrons. The third-order valence-electron chi connectivity index (χ3n) is 3.51. The summed E-state index contributed by atoms with van der Waals surface area (Å²) in [5.41, 5.74) is 1.76. The minimum atomic E-state index is 0.00317. The summed E-state index contributed by atoms with van der Waals surface area (Å²) in [6, 6.07) is 1.97. The van der Waals surface area contributed by atoms with Gasteiger partial charge in [-0.2, -0.15) is 0 Å². The largest absolute Gasteiger partial charge is 0.310 e. The highest BCUT2D eigenvalue weighted by Gasteiger charge is 2.24. The number of aromatic nitrogens is 3. The van der Waals surface area contributed by atoms with E-state index in [1.54, 1.807) is 6.20 Å². The highest BCUT2D eigenvalue weighted by Crippen LogP contribution is 2.23. The van der Waals surface area contributed by atoms with Gasteiger partial charge in [-0.1, -0.05) is 0 Å². The molecule has 0 aliphatic rings. The zero-order valence-corrected chi connectivity index (χ0v) is 14.0. The van der Waals surface area contributed by atoms with Crippen LogP contribution >= 0.6 is 27.5 Å². The number of fused-ring (bicyclic) bond motifs is 1. The first-order valence-corrected chi connectivity index (χ1v) is 7.42. The molecule has 0 aromatic carbocycles. The Morgan fingerprint density at radius 3 is 2.68 bits per heavy atom. The van der Waals surface area contributed by atoms with Crippen LogP contribution in [0.5, 0.6) is 0 Å². The van der Waals surface area contributed by atoms with Crippen molar-refractivity contribution in [2.24, 2.45) is 0 Å². The molecule has 0 bridgehead atoms. The highest BCUT2D eigenvalue weighted by molar-refractivity contribution is 9.10. The molecule has 0 spiro atoms. The second kappa shape index (κ2) is 5.38. The summed E-state index contributed by atoms with van der Waals surface area (Å²) in [6.07, 6.45) is 1.79. The van der Waals surface area contributed by atoms with Crippen LogP contribution in [0.2, 0.25) is 0 Å². The summed E-state index contributed by atoms with van der Waals surface area (Å²) in [7, 11) is 4.15. The van der Waals surface area contributed by atoms with E-state index in [1.165, 1.54) is 0 Å². The monoisotopic (exact) mass is 344 g/mol. The fraction of sp³-hybridized carbons (Fsp3) is 0.538. The van der Waals surface area contributed by atoms with Crippen LogP contribution in [0, 0.1) is 0 Å². The maximum atomic E-state index is 6.02. The molecule has 2 rings (SSSR count). The molecule has 0 aliphatic heterocycles. The van der Waals surface area contributed by atoms with E-state index in [4.69, 9.17) is 11.6 Å². The predicted molar refractivity (Wildman–Crippen MR) is 82.6 cm³/mol. The molecule has 2 aromatic heterocycles. The molecule has 104 valence electrons. The number of likely N-dealkylation sites (N-methyl/N-ethyl adjacent to an activating group) is 1. The van der Waals surface area contributed by atoms with Gasteiger partial charge in [-0.25, -0.2) is 9.97 Å². The molecule has 0 saturated carbocycles. The Hall–Kier alpha value is -0.650. The Morgan fingerprint density at radius 2 is 2.11 bits per heavy atom. The lowest BCUT2D eigenvalue weighted by atomic mass is 10.0. The molecule has 4 nitrogen and oxygen atoms in total. The summed E-state index contributed by atoms with van der Waals surface area (Å²) in [4.78, 5) is 11.2. The standard InChI is InChI=1S/C13H18BrClN4/c1-13(2,18(3)4)8-19-11(6-15)17-10-5-9(14)7-16-12(10)19/h5,7H,6,8H2,1-4H3. The molecular weight excluding hydrogens is 328 g/mol. The molecule has 2 aromatic rings. The minimum absolute atomic E-state index is 0.00317. The topological polar surface area (TPSA) is 34.0 Å². The number of imidazole rings is 1. The number of hydrogen-bond acceptors (Lipinski definition) is 3. The molecular formula is C13H18BrClN4. The van der Waals surface area contributed by atoms with Crippen molar-refractivity contribution in [3.8, 4) is 0 Å². The lowest BCUT2D eigenvalue weighted by molar-refractivity contribution is 0.170. The highest BCUT2D eigenvalue weighted by atomic mass is 79.9. The van der Waals surface area contributed by atoms with Crippen LogP contribution in [0.15, 0.2) is 16.7 Å². The van der Waals surface area contributed by atoms with Crippen LogP contribution in [0.1, 0.15) is 19.7 Å². The van der Waals surface area contributed by atoms with Gasteiger partial charge in [0, 0.05) is 22.8 Å². The number of halogens is 2. The summed E-state index contributed by atoms with van der Waals surface area (Å²) < 4.78 is 3.03. The molecule has 0 fully saturated rings. The Kier molecular flexibility index (Phi) is 4.18. The molecule has 2 heterocycles. The van der Waals surface area contributed by atoms with Crippen molar-refractivity contribution in [3.05, 3.63) is 22.6 Å². The third-order valence-corrected chi connectivity index (χ3v) is 4.18. The summed E-state index contributed by atoms with van der Waals surface area (Å²) >= 11 is 9.44. The van der Waals surface area contributed by atoms with E-state index in [1.807, 2.05) is 6.07 Å². The Labute approximate surface area is 126 Å².